The third-order valence-electron chi connectivity index (χ3n) is 2.29. The van der Waals surface area contributed by atoms with Crippen LogP contribution in [0.15, 0.2) is 18.2 Å². The van der Waals surface area contributed by atoms with E-state index in [1.165, 1.54) is 12.1 Å². The summed E-state index contributed by atoms with van der Waals surface area (Å²) in [5.41, 5.74) is 0.105. The van der Waals surface area contributed by atoms with Gasteiger partial charge in [0.2, 0.25) is 0 Å². The van der Waals surface area contributed by atoms with E-state index in [0.717, 1.165) is 11.0 Å². The van der Waals surface area contributed by atoms with Crippen LogP contribution in [0.1, 0.15) is 17.3 Å². The van der Waals surface area contributed by atoms with Gasteiger partial charge in [-0.2, -0.15) is 13.2 Å². The molecule has 1 aromatic rings. The maximum Gasteiger partial charge on any atom is 0.405 e. The van der Waals surface area contributed by atoms with Crippen molar-refractivity contribution in [1.29, 1.82) is 0 Å². The van der Waals surface area contributed by atoms with Crippen molar-refractivity contribution in [1.82, 2.24) is 0 Å². The van der Waals surface area contributed by atoms with E-state index in [1.54, 1.807) is 6.92 Å². The zero-order chi connectivity index (χ0) is 13.9. The van der Waals surface area contributed by atoms with Gasteiger partial charge in [-0.3, -0.25) is 0 Å². The Morgan fingerprint density at radius 2 is 2.06 bits per heavy atom. The molecule has 0 aliphatic rings. The number of hydrogen-bond donors (Lipinski definition) is 1. The monoisotopic (exact) mass is 281 g/mol. The average molecular weight is 282 g/mol. The number of hydrogen-bond acceptors (Lipinski definition) is 2. The fraction of sp³-hybridized carbons (Fsp3) is 0.364. The Kier molecular flexibility index (Phi) is 4.45. The van der Waals surface area contributed by atoms with Crippen LogP contribution in [0.25, 0.3) is 0 Å². The first-order valence-electron chi connectivity index (χ1n) is 5.09. The molecule has 0 bridgehead atoms. The maximum atomic E-state index is 12.3. The van der Waals surface area contributed by atoms with Crippen molar-refractivity contribution in [2.75, 3.05) is 18.0 Å². The highest BCUT2D eigenvalue weighted by molar-refractivity contribution is 6.33. The molecule has 7 heteroatoms. The zero-order valence-electron chi connectivity index (χ0n) is 9.46. The molecular formula is C11H11ClF3NO2. The summed E-state index contributed by atoms with van der Waals surface area (Å²) in [5.74, 6) is -1.18. The van der Waals surface area contributed by atoms with Gasteiger partial charge in [-0.05, 0) is 25.1 Å². The van der Waals surface area contributed by atoms with Gasteiger partial charge >= 0.3 is 12.1 Å². The standard InChI is InChI=1S/C11H11ClF3NO2/c1-2-16(6-11(13,14)15)9-4-3-7(10(17)18)5-8(9)12/h3-5H,2,6H2,1H3,(H,17,18). The Labute approximate surface area is 107 Å². The Hall–Kier alpha value is -1.43. The number of nitrogens with zero attached hydrogens (tertiary/aromatic N) is 1. The minimum Gasteiger partial charge on any atom is -0.478 e. The van der Waals surface area contributed by atoms with E-state index < -0.39 is 18.7 Å². The summed E-state index contributed by atoms with van der Waals surface area (Å²) in [5, 5.41) is 8.72. The van der Waals surface area contributed by atoms with Gasteiger partial charge in [-0.1, -0.05) is 11.6 Å². The van der Waals surface area contributed by atoms with E-state index in [9.17, 15) is 18.0 Å². The van der Waals surface area contributed by atoms with Crippen molar-refractivity contribution >= 4 is 23.3 Å². The number of benzene rings is 1. The lowest BCUT2D eigenvalue weighted by atomic mass is 10.2. The van der Waals surface area contributed by atoms with Crippen molar-refractivity contribution in [2.24, 2.45) is 0 Å². The van der Waals surface area contributed by atoms with Crippen molar-refractivity contribution in [3.8, 4) is 0 Å². The van der Waals surface area contributed by atoms with Crippen LogP contribution in [0.4, 0.5) is 18.9 Å². The molecule has 100 valence electrons. The first-order valence-corrected chi connectivity index (χ1v) is 5.47. The molecule has 0 aliphatic heterocycles. The van der Waals surface area contributed by atoms with Gasteiger partial charge in [-0.25, -0.2) is 4.79 Å². The Morgan fingerprint density at radius 1 is 1.44 bits per heavy atom. The van der Waals surface area contributed by atoms with Crippen LogP contribution < -0.4 is 4.90 Å². The van der Waals surface area contributed by atoms with Gasteiger partial charge in [0.1, 0.15) is 6.54 Å². The van der Waals surface area contributed by atoms with Gasteiger partial charge in [0.25, 0.3) is 0 Å². The zero-order valence-corrected chi connectivity index (χ0v) is 10.2. The number of carboxylic acid groups (broad SMARTS) is 1. The van der Waals surface area contributed by atoms with Crippen LogP contribution in [-0.4, -0.2) is 30.3 Å². The number of aromatic carboxylic acids is 1. The van der Waals surface area contributed by atoms with Crippen LogP contribution >= 0.6 is 11.6 Å². The lowest BCUT2D eigenvalue weighted by Crippen LogP contribution is -2.34. The molecule has 0 amide bonds. The Morgan fingerprint density at radius 3 is 2.44 bits per heavy atom. The molecule has 0 fully saturated rings. The van der Waals surface area contributed by atoms with Crippen LogP contribution in [0.2, 0.25) is 5.02 Å². The first kappa shape index (κ1) is 14.6. The van der Waals surface area contributed by atoms with Crippen LogP contribution in [-0.2, 0) is 0 Å². The number of carboxylic acids is 1. The summed E-state index contributed by atoms with van der Waals surface area (Å²) in [6, 6.07) is 3.64. The minimum atomic E-state index is -4.34. The van der Waals surface area contributed by atoms with E-state index in [4.69, 9.17) is 16.7 Å². The smallest absolute Gasteiger partial charge is 0.405 e. The third-order valence-corrected chi connectivity index (χ3v) is 2.59. The molecule has 0 atom stereocenters. The molecule has 1 aromatic carbocycles. The molecule has 0 radical (unpaired) electrons. The molecule has 0 aromatic heterocycles. The van der Waals surface area contributed by atoms with E-state index >= 15 is 0 Å². The van der Waals surface area contributed by atoms with Crippen molar-refractivity contribution in [3.63, 3.8) is 0 Å². The van der Waals surface area contributed by atoms with Crippen molar-refractivity contribution in [2.45, 2.75) is 13.1 Å². The van der Waals surface area contributed by atoms with E-state index in [1.807, 2.05) is 0 Å². The van der Waals surface area contributed by atoms with E-state index in [-0.39, 0.29) is 22.8 Å². The summed E-state index contributed by atoms with van der Waals surface area (Å²) in [6.07, 6.45) is -4.34. The third kappa shape index (κ3) is 3.80. The van der Waals surface area contributed by atoms with Gasteiger partial charge in [-0.15, -0.1) is 0 Å². The van der Waals surface area contributed by atoms with Crippen molar-refractivity contribution in [3.05, 3.63) is 28.8 Å². The molecule has 18 heavy (non-hydrogen) atoms. The number of carbonyl (C=O) groups is 1. The summed E-state index contributed by atoms with van der Waals surface area (Å²) in [7, 11) is 0. The molecule has 0 saturated heterocycles. The molecular weight excluding hydrogens is 271 g/mol. The number of anilines is 1. The summed E-state index contributed by atoms with van der Waals surface area (Å²) in [4.78, 5) is 11.7. The summed E-state index contributed by atoms with van der Waals surface area (Å²) < 4.78 is 37.0. The molecule has 0 saturated carbocycles. The van der Waals surface area contributed by atoms with Crippen molar-refractivity contribution < 1.29 is 23.1 Å². The maximum absolute atomic E-state index is 12.3. The van der Waals surface area contributed by atoms with E-state index in [0.29, 0.717) is 0 Å². The van der Waals surface area contributed by atoms with Gasteiger partial charge in [0.05, 0.1) is 16.3 Å². The highest BCUT2D eigenvalue weighted by Gasteiger charge is 2.31. The predicted octanol–water partition coefficient (Wildman–Crippen LogP) is 3.43. The number of rotatable bonds is 4. The number of halogens is 4. The molecule has 0 spiro atoms. The van der Waals surface area contributed by atoms with E-state index in [2.05, 4.69) is 0 Å². The molecule has 0 unspecified atom stereocenters. The topological polar surface area (TPSA) is 40.5 Å². The van der Waals surface area contributed by atoms with Gasteiger partial charge < -0.3 is 10.0 Å². The predicted molar refractivity (Wildman–Crippen MR) is 62.4 cm³/mol. The lowest BCUT2D eigenvalue weighted by molar-refractivity contribution is -0.119. The second kappa shape index (κ2) is 5.48. The highest BCUT2D eigenvalue weighted by Crippen LogP contribution is 2.29. The molecule has 0 heterocycles. The molecule has 3 nitrogen and oxygen atoms in total. The summed E-state index contributed by atoms with van der Waals surface area (Å²) >= 11 is 5.80. The fourth-order valence-corrected chi connectivity index (χ4v) is 1.78. The lowest BCUT2D eigenvalue weighted by Gasteiger charge is -2.25. The normalized spacial score (nSPS) is 11.4. The van der Waals surface area contributed by atoms with Crippen LogP contribution in [0, 0.1) is 0 Å². The molecule has 1 rings (SSSR count). The number of alkyl halides is 3. The van der Waals surface area contributed by atoms with Gasteiger partial charge in [0, 0.05) is 6.54 Å². The Balaban J connectivity index is 3.04. The minimum absolute atomic E-state index is 0.0130. The van der Waals surface area contributed by atoms with Crippen LogP contribution in [0.3, 0.4) is 0 Å². The van der Waals surface area contributed by atoms with Gasteiger partial charge in [0.15, 0.2) is 0 Å². The largest absolute Gasteiger partial charge is 0.478 e. The molecule has 1 N–H and O–H groups in total. The van der Waals surface area contributed by atoms with Crippen LogP contribution in [0.5, 0.6) is 0 Å². The first-order chi connectivity index (χ1) is 8.24. The SMILES string of the molecule is CCN(CC(F)(F)F)c1ccc(C(=O)O)cc1Cl. The second-order valence-electron chi connectivity index (χ2n) is 3.60. The fourth-order valence-electron chi connectivity index (χ4n) is 1.48. The quantitative estimate of drug-likeness (QED) is 0.919. The molecule has 0 aliphatic carbocycles. The summed E-state index contributed by atoms with van der Waals surface area (Å²) in [6.45, 7) is 0.550. The Bertz CT molecular complexity index is 448. The highest BCUT2D eigenvalue weighted by atomic mass is 35.5. The second-order valence-corrected chi connectivity index (χ2v) is 4.01. The average Bonchev–Trinajstić information content (AvgIpc) is 2.24.